The lowest BCUT2D eigenvalue weighted by molar-refractivity contribution is -0.138. The van der Waals surface area contributed by atoms with Crippen molar-refractivity contribution in [1.82, 2.24) is 0 Å². The van der Waals surface area contributed by atoms with Crippen LogP contribution in [0.4, 0.5) is 0 Å². The van der Waals surface area contributed by atoms with Crippen LogP contribution in [0.2, 0.25) is 0 Å². The van der Waals surface area contributed by atoms with E-state index in [1.807, 2.05) is 55.5 Å². The number of hydrogen-bond acceptors (Lipinski definition) is 10. The van der Waals surface area contributed by atoms with Gasteiger partial charge in [-0.15, -0.1) is 0 Å². The first-order valence-electron chi connectivity index (χ1n) is 21.3. The molecule has 10 heteroatoms. The van der Waals surface area contributed by atoms with E-state index in [4.69, 9.17) is 23.7 Å². The first kappa shape index (κ1) is 44.8. The molecule has 3 aliphatic carbocycles. The molecule has 10 nitrogen and oxygen atoms in total. The number of ketones is 2. The predicted molar refractivity (Wildman–Crippen MR) is 233 cm³/mol. The number of allylic oxidation sites excluding steroid dienone is 4. The van der Waals surface area contributed by atoms with Crippen LogP contribution in [0.1, 0.15) is 97.4 Å². The Hall–Kier alpha value is -5.71. The van der Waals surface area contributed by atoms with Gasteiger partial charge in [-0.05, 0) is 129 Å². The Morgan fingerprint density at radius 3 is 1.98 bits per heavy atom. The summed E-state index contributed by atoms with van der Waals surface area (Å²) in [6.45, 7) is 10.2. The molecule has 5 atom stereocenters. The summed E-state index contributed by atoms with van der Waals surface area (Å²) < 4.78 is 28.1. The van der Waals surface area contributed by atoms with E-state index in [1.165, 1.54) is 12.2 Å². The molecule has 6 rings (SSSR count). The third-order valence-electron chi connectivity index (χ3n) is 11.8. The van der Waals surface area contributed by atoms with E-state index < -0.39 is 23.5 Å². The summed E-state index contributed by atoms with van der Waals surface area (Å²) in [4.78, 5) is 61.8. The summed E-state index contributed by atoms with van der Waals surface area (Å²) in [5.74, 6) is -0.516. The molecule has 0 bridgehead atoms. The standard InChI is InChI=1S/C51H56O10/c1-5-45(52)43-31-39(43)13-9-12-29-59-49(55)37-22-24-41(25-23-37)61-50(56)38-20-16-35(17-21-38)34-14-18-36(19-15-34)42-33-44(42)48(54)40-26-27-51(3,46(32-40)57-4)60-30-11-8-7-10-28-58-47(53)6-2/h5-6,14-27,39-40,43,46H,1-2,7-13,28-33H2,3-4H3. The zero-order chi connectivity index (χ0) is 43.4. The normalized spacial score (nSPS) is 21.3. The minimum absolute atomic E-state index is 0.121. The summed E-state index contributed by atoms with van der Waals surface area (Å²) >= 11 is 0. The van der Waals surface area contributed by atoms with Gasteiger partial charge in [0.2, 0.25) is 0 Å². The number of unbranched alkanes of at least 4 members (excludes halogenated alkanes) is 4. The van der Waals surface area contributed by atoms with Gasteiger partial charge in [-0.2, -0.15) is 0 Å². The number of carbonyl (C=O) groups is 5. The highest BCUT2D eigenvalue weighted by Gasteiger charge is 2.42. The third-order valence-corrected chi connectivity index (χ3v) is 11.8. The van der Waals surface area contributed by atoms with Crippen molar-refractivity contribution in [2.45, 2.75) is 82.8 Å². The lowest BCUT2D eigenvalue weighted by Gasteiger charge is -2.39. The second-order valence-electron chi connectivity index (χ2n) is 16.2. The van der Waals surface area contributed by atoms with Gasteiger partial charge in [0.25, 0.3) is 0 Å². The van der Waals surface area contributed by atoms with Gasteiger partial charge in [0, 0.05) is 43.6 Å². The predicted octanol–water partition coefficient (Wildman–Crippen LogP) is 9.67. The molecule has 3 aliphatic rings. The smallest absolute Gasteiger partial charge is 0.343 e. The second kappa shape index (κ2) is 21.2. The molecule has 0 saturated heterocycles. The molecule has 0 heterocycles. The second-order valence-corrected chi connectivity index (χ2v) is 16.2. The Kier molecular flexibility index (Phi) is 15.6. The highest BCUT2D eigenvalue weighted by atomic mass is 16.6. The molecule has 0 aliphatic heterocycles. The minimum Gasteiger partial charge on any atom is -0.463 e. The largest absolute Gasteiger partial charge is 0.463 e. The molecule has 3 aromatic carbocycles. The molecular formula is C51H56O10. The molecule has 0 radical (unpaired) electrons. The fourth-order valence-corrected chi connectivity index (χ4v) is 7.88. The minimum atomic E-state index is -0.621. The molecular weight excluding hydrogens is 773 g/mol. The van der Waals surface area contributed by atoms with E-state index in [0.29, 0.717) is 55.5 Å². The average molecular weight is 829 g/mol. The molecule has 5 unspecified atom stereocenters. The van der Waals surface area contributed by atoms with Crippen molar-refractivity contribution in [3.05, 3.63) is 133 Å². The monoisotopic (exact) mass is 828 g/mol. The zero-order valence-electron chi connectivity index (χ0n) is 35.2. The third kappa shape index (κ3) is 12.2. The van der Waals surface area contributed by atoms with Gasteiger partial charge < -0.3 is 23.7 Å². The Labute approximate surface area is 358 Å². The Morgan fingerprint density at radius 2 is 1.31 bits per heavy atom. The van der Waals surface area contributed by atoms with Crippen LogP contribution in [0.15, 0.2) is 116 Å². The van der Waals surface area contributed by atoms with Gasteiger partial charge in [0.05, 0.1) is 30.4 Å². The Morgan fingerprint density at radius 1 is 0.705 bits per heavy atom. The maximum Gasteiger partial charge on any atom is 0.343 e. The van der Waals surface area contributed by atoms with Crippen LogP contribution >= 0.6 is 0 Å². The maximum atomic E-state index is 13.6. The van der Waals surface area contributed by atoms with Gasteiger partial charge in [-0.1, -0.05) is 68.1 Å². The maximum absolute atomic E-state index is 13.6. The van der Waals surface area contributed by atoms with Crippen molar-refractivity contribution in [3.8, 4) is 16.9 Å². The van der Waals surface area contributed by atoms with E-state index in [1.54, 1.807) is 43.5 Å². The van der Waals surface area contributed by atoms with Crippen LogP contribution in [0.5, 0.6) is 5.75 Å². The molecule has 0 aromatic heterocycles. The summed E-state index contributed by atoms with van der Waals surface area (Å²) in [7, 11) is 1.66. The van der Waals surface area contributed by atoms with E-state index in [9.17, 15) is 24.0 Å². The highest BCUT2D eigenvalue weighted by molar-refractivity contribution is 6.13. The van der Waals surface area contributed by atoms with Crippen LogP contribution in [0.25, 0.3) is 16.7 Å². The fraction of sp³-hybridized carbons (Fsp3) is 0.392. The number of rotatable bonds is 24. The van der Waals surface area contributed by atoms with E-state index in [0.717, 1.165) is 79.2 Å². The number of carbonyl (C=O) groups excluding carboxylic acids is 5. The SMILES string of the molecule is C=CC(=O)OCCCCCCOC1(C)C=CC(C(=O)C2=C(c3ccc(-c4ccc(C(=O)Oc5ccc(C(=O)OCCCCC6CC6C(=O)C=C)cc5)cc4)cc3)C2)CC1OC. The van der Waals surface area contributed by atoms with Crippen molar-refractivity contribution in [2.24, 2.45) is 17.8 Å². The van der Waals surface area contributed by atoms with Gasteiger partial charge in [0.1, 0.15) is 11.4 Å². The van der Waals surface area contributed by atoms with Crippen LogP contribution in [-0.4, -0.2) is 68.1 Å². The first-order valence-corrected chi connectivity index (χ1v) is 21.3. The van der Waals surface area contributed by atoms with Crippen LogP contribution in [0.3, 0.4) is 0 Å². The number of hydrogen-bond donors (Lipinski definition) is 0. The fourth-order valence-electron chi connectivity index (χ4n) is 7.88. The van der Waals surface area contributed by atoms with Crippen LogP contribution < -0.4 is 4.74 Å². The number of ether oxygens (including phenoxy) is 5. The lowest BCUT2D eigenvalue weighted by atomic mass is 9.81. The highest BCUT2D eigenvalue weighted by Crippen LogP contribution is 2.45. The van der Waals surface area contributed by atoms with Gasteiger partial charge in [-0.3, -0.25) is 9.59 Å². The van der Waals surface area contributed by atoms with Crippen LogP contribution in [-0.2, 0) is 33.3 Å². The lowest BCUT2D eigenvalue weighted by Crippen LogP contribution is -2.46. The van der Waals surface area contributed by atoms with Crippen molar-refractivity contribution >= 4 is 35.0 Å². The van der Waals surface area contributed by atoms with Crippen molar-refractivity contribution in [2.75, 3.05) is 26.9 Å². The van der Waals surface area contributed by atoms with E-state index >= 15 is 0 Å². The van der Waals surface area contributed by atoms with E-state index in [2.05, 4.69) is 13.2 Å². The molecule has 320 valence electrons. The molecule has 0 N–H and O–H groups in total. The quantitative estimate of drug-likeness (QED) is 0.0283. The molecule has 0 amide bonds. The van der Waals surface area contributed by atoms with Gasteiger partial charge in [-0.25, -0.2) is 14.4 Å². The number of esters is 3. The summed E-state index contributed by atoms with van der Waals surface area (Å²) in [5.41, 5.74) is 4.97. The van der Waals surface area contributed by atoms with Crippen molar-refractivity contribution in [1.29, 1.82) is 0 Å². The first-order chi connectivity index (χ1) is 29.5. The summed E-state index contributed by atoms with van der Waals surface area (Å²) in [6, 6.07) is 21.5. The summed E-state index contributed by atoms with van der Waals surface area (Å²) in [5, 5.41) is 0. The van der Waals surface area contributed by atoms with Gasteiger partial charge >= 0.3 is 17.9 Å². The van der Waals surface area contributed by atoms with E-state index in [-0.39, 0.29) is 29.5 Å². The number of benzene rings is 3. The molecule has 3 aromatic rings. The topological polar surface area (TPSA) is 132 Å². The molecule has 61 heavy (non-hydrogen) atoms. The Bertz CT molecular complexity index is 2130. The van der Waals surface area contributed by atoms with Gasteiger partial charge in [0.15, 0.2) is 11.6 Å². The molecule has 0 spiro atoms. The van der Waals surface area contributed by atoms with Crippen molar-refractivity contribution in [3.63, 3.8) is 0 Å². The van der Waals surface area contributed by atoms with Crippen LogP contribution in [0, 0.1) is 17.8 Å². The number of methoxy groups -OCH3 is 1. The zero-order valence-corrected chi connectivity index (χ0v) is 35.2. The molecule has 1 saturated carbocycles. The average Bonchev–Trinajstić information content (AvgIpc) is 4.23. The van der Waals surface area contributed by atoms with Crippen molar-refractivity contribution < 1.29 is 47.7 Å². The molecule has 1 fully saturated rings. The summed E-state index contributed by atoms with van der Waals surface area (Å²) in [6.07, 6.45) is 14.5. The Balaban J connectivity index is 0.924. The number of Topliss-reactive ketones (excluding diaryl/α,β-unsaturated/α-hetero) is 1.